The summed E-state index contributed by atoms with van der Waals surface area (Å²) in [5.74, 6) is -0.961. The van der Waals surface area contributed by atoms with Gasteiger partial charge < -0.3 is 10.6 Å². The standard InChI is InChI=1S/C25H22F4N8O/c1-24(2,12-30)20-18(26)5-6-19(34-20)37-21-17(22(38)36(37)13-25(27,28)29)11-32-23(35-21)33-16-4-3-15-10-31-8-7-14(15)9-16/h3-6,9,11,31H,7-8,10,13H2,1-2H3,(H,32,33,35). The summed E-state index contributed by atoms with van der Waals surface area (Å²) in [6.07, 6.45) is -2.78. The molecule has 196 valence electrons. The molecular formula is C25H22F4N8O. The Hall–Kier alpha value is -4.31. The number of anilines is 2. The van der Waals surface area contributed by atoms with E-state index in [9.17, 15) is 27.6 Å². The third-order valence-electron chi connectivity index (χ3n) is 6.27. The van der Waals surface area contributed by atoms with Crippen LogP contribution < -0.4 is 16.2 Å². The lowest BCUT2D eigenvalue weighted by atomic mass is 9.90. The molecule has 4 heterocycles. The first-order chi connectivity index (χ1) is 18.0. The van der Waals surface area contributed by atoms with Crippen LogP contribution in [0.3, 0.4) is 0 Å². The topological polar surface area (TPSA) is 113 Å². The van der Waals surface area contributed by atoms with Gasteiger partial charge in [-0.15, -0.1) is 0 Å². The molecule has 9 nitrogen and oxygen atoms in total. The molecule has 4 aromatic rings. The monoisotopic (exact) mass is 526 g/mol. The minimum absolute atomic E-state index is 0.0454. The summed E-state index contributed by atoms with van der Waals surface area (Å²) in [6.45, 7) is 2.81. The summed E-state index contributed by atoms with van der Waals surface area (Å²) in [7, 11) is 0. The van der Waals surface area contributed by atoms with Crippen LogP contribution in [0.15, 0.2) is 41.3 Å². The summed E-state index contributed by atoms with van der Waals surface area (Å²) in [5.41, 5.74) is 0.173. The largest absolute Gasteiger partial charge is 0.408 e. The number of hydrogen-bond donors (Lipinski definition) is 2. The Balaban J connectivity index is 1.67. The van der Waals surface area contributed by atoms with Crippen molar-refractivity contribution in [3.8, 4) is 11.9 Å². The van der Waals surface area contributed by atoms with Gasteiger partial charge in [0.15, 0.2) is 11.5 Å². The smallest absolute Gasteiger partial charge is 0.324 e. The third-order valence-corrected chi connectivity index (χ3v) is 6.27. The zero-order valence-electron chi connectivity index (χ0n) is 20.4. The number of nitrogens with one attached hydrogen (secondary N) is 2. The van der Waals surface area contributed by atoms with Crippen molar-refractivity contribution in [2.75, 3.05) is 11.9 Å². The number of benzene rings is 1. The van der Waals surface area contributed by atoms with Crippen LogP contribution in [-0.2, 0) is 24.9 Å². The second-order valence-corrected chi connectivity index (χ2v) is 9.49. The Bertz CT molecular complexity index is 1650. The van der Waals surface area contributed by atoms with Crippen molar-refractivity contribution in [3.63, 3.8) is 0 Å². The van der Waals surface area contributed by atoms with Gasteiger partial charge in [0.2, 0.25) is 5.95 Å². The van der Waals surface area contributed by atoms with E-state index in [1.165, 1.54) is 13.8 Å². The molecule has 2 N–H and O–H groups in total. The van der Waals surface area contributed by atoms with Crippen LogP contribution in [0, 0.1) is 17.1 Å². The Kier molecular flexibility index (Phi) is 6.15. The molecular weight excluding hydrogens is 504 g/mol. The van der Waals surface area contributed by atoms with Gasteiger partial charge in [-0.3, -0.25) is 4.79 Å². The van der Waals surface area contributed by atoms with E-state index in [-0.39, 0.29) is 28.5 Å². The molecule has 0 aliphatic carbocycles. The quantitative estimate of drug-likeness (QED) is 0.380. The Morgan fingerprint density at radius 1 is 1.16 bits per heavy atom. The van der Waals surface area contributed by atoms with Crippen LogP contribution in [-0.4, -0.2) is 37.0 Å². The minimum Gasteiger partial charge on any atom is -0.324 e. The van der Waals surface area contributed by atoms with Crippen molar-refractivity contribution in [2.45, 2.75) is 44.9 Å². The average Bonchev–Trinajstić information content (AvgIpc) is 3.13. The summed E-state index contributed by atoms with van der Waals surface area (Å²) in [5, 5.41) is 15.6. The van der Waals surface area contributed by atoms with Crippen LogP contribution in [0.2, 0.25) is 0 Å². The number of alkyl halides is 3. The summed E-state index contributed by atoms with van der Waals surface area (Å²) >= 11 is 0. The molecule has 1 aliphatic rings. The molecule has 0 bridgehead atoms. The van der Waals surface area contributed by atoms with Gasteiger partial charge in [0.25, 0.3) is 5.56 Å². The molecule has 0 spiro atoms. The molecule has 13 heteroatoms. The first kappa shape index (κ1) is 25.3. The summed E-state index contributed by atoms with van der Waals surface area (Å²) < 4.78 is 56.3. The maximum atomic E-state index is 14.6. The van der Waals surface area contributed by atoms with Crippen LogP contribution in [0.25, 0.3) is 16.9 Å². The van der Waals surface area contributed by atoms with Crippen molar-refractivity contribution < 1.29 is 17.6 Å². The lowest BCUT2D eigenvalue weighted by Gasteiger charge is -2.19. The van der Waals surface area contributed by atoms with E-state index in [2.05, 4.69) is 25.6 Å². The highest BCUT2D eigenvalue weighted by Gasteiger charge is 2.33. The highest BCUT2D eigenvalue weighted by Crippen LogP contribution is 2.27. The first-order valence-corrected chi connectivity index (χ1v) is 11.7. The zero-order chi connectivity index (χ0) is 27.2. The van der Waals surface area contributed by atoms with E-state index < -0.39 is 29.5 Å². The van der Waals surface area contributed by atoms with Gasteiger partial charge in [-0.05, 0) is 62.2 Å². The Morgan fingerprint density at radius 2 is 1.95 bits per heavy atom. The molecule has 0 unspecified atom stereocenters. The number of aromatic nitrogens is 5. The zero-order valence-corrected chi connectivity index (χ0v) is 20.4. The predicted octanol–water partition coefficient (Wildman–Crippen LogP) is 3.87. The molecule has 0 radical (unpaired) electrons. The SMILES string of the molecule is CC(C)(C#N)c1nc(-n2c3nc(Nc4ccc5c(c4)CCNC5)ncc3c(=O)n2CC(F)(F)F)ccc1F. The van der Waals surface area contributed by atoms with Crippen molar-refractivity contribution in [1.82, 2.24) is 29.6 Å². The molecule has 0 atom stereocenters. The molecule has 0 saturated carbocycles. The molecule has 5 rings (SSSR count). The van der Waals surface area contributed by atoms with Crippen molar-refractivity contribution in [3.05, 3.63) is 69.5 Å². The van der Waals surface area contributed by atoms with Crippen molar-refractivity contribution >= 4 is 22.7 Å². The second kappa shape index (κ2) is 9.21. The fourth-order valence-electron chi connectivity index (χ4n) is 4.36. The fourth-order valence-corrected chi connectivity index (χ4v) is 4.36. The molecule has 0 fully saturated rings. The third kappa shape index (κ3) is 4.70. The van der Waals surface area contributed by atoms with Gasteiger partial charge >= 0.3 is 6.18 Å². The van der Waals surface area contributed by atoms with E-state index in [1.807, 2.05) is 24.3 Å². The van der Waals surface area contributed by atoms with Crippen LogP contribution in [0.1, 0.15) is 30.7 Å². The Morgan fingerprint density at radius 3 is 2.68 bits per heavy atom. The van der Waals surface area contributed by atoms with E-state index in [0.29, 0.717) is 10.4 Å². The average molecular weight is 526 g/mol. The van der Waals surface area contributed by atoms with Gasteiger partial charge in [0.1, 0.15) is 17.7 Å². The number of hydrogen-bond acceptors (Lipinski definition) is 7. The van der Waals surface area contributed by atoms with Crippen LogP contribution >= 0.6 is 0 Å². The van der Waals surface area contributed by atoms with E-state index in [0.717, 1.165) is 53.6 Å². The maximum absolute atomic E-state index is 14.6. The number of halogens is 4. The van der Waals surface area contributed by atoms with Crippen molar-refractivity contribution in [2.24, 2.45) is 0 Å². The lowest BCUT2D eigenvalue weighted by Crippen LogP contribution is -2.31. The minimum atomic E-state index is -4.75. The normalized spacial score (nSPS) is 13.8. The van der Waals surface area contributed by atoms with Gasteiger partial charge in [-0.1, -0.05) is 6.07 Å². The fraction of sp³-hybridized carbons (Fsp3) is 0.320. The van der Waals surface area contributed by atoms with E-state index in [4.69, 9.17) is 0 Å². The van der Waals surface area contributed by atoms with Crippen LogP contribution in [0.5, 0.6) is 0 Å². The number of pyridine rings is 1. The number of fused-ring (bicyclic) bond motifs is 2. The van der Waals surface area contributed by atoms with Crippen molar-refractivity contribution in [1.29, 1.82) is 5.26 Å². The summed E-state index contributed by atoms with van der Waals surface area (Å²) in [4.78, 5) is 25.7. The number of nitriles is 1. The maximum Gasteiger partial charge on any atom is 0.408 e. The highest BCUT2D eigenvalue weighted by molar-refractivity contribution is 5.77. The van der Waals surface area contributed by atoms with Gasteiger partial charge in [0.05, 0.1) is 17.2 Å². The molecule has 0 saturated heterocycles. The van der Waals surface area contributed by atoms with Gasteiger partial charge in [-0.2, -0.15) is 23.4 Å². The van der Waals surface area contributed by atoms with E-state index in [1.54, 1.807) is 0 Å². The van der Waals surface area contributed by atoms with Gasteiger partial charge in [-0.25, -0.2) is 23.7 Å². The van der Waals surface area contributed by atoms with Crippen LogP contribution in [0.4, 0.5) is 29.2 Å². The molecule has 38 heavy (non-hydrogen) atoms. The highest BCUT2D eigenvalue weighted by atomic mass is 19.4. The lowest BCUT2D eigenvalue weighted by molar-refractivity contribution is -0.144. The summed E-state index contributed by atoms with van der Waals surface area (Å²) in [6, 6.07) is 9.79. The Labute approximate surface area is 213 Å². The second-order valence-electron chi connectivity index (χ2n) is 9.49. The number of nitrogens with zero attached hydrogens (tertiary/aromatic N) is 6. The molecule has 1 aliphatic heterocycles. The molecule has 0 amide bonds. The van der Waals surface area contributed by atoms with Gasteiger partial charge in [0, 0.05) is 18.4 Å². The molecule has 3 aromatic heterocycles. The predicted molar refractivity (Wildman–Crippen MR) is 131 cm³/mol. The first-order valence-electron chi connectivity index (χ1n) is 11.7. The number of rotatable bonds is 5. The molecule has 1 aromatic carbocycles. The van der Waals surface area contributed by atoms with E-state index >= 15 is 0 Å².